The molecule has 1 heterocycles. The summed E-state index contributed by atoms with van der Waals surface area (Å²) in [6, 6.07) is 15.7. The smallest absolute Gasteiger partial charge is 0.407 e. The van der Waals surface area contributed by atoms with Crippen molar-refractivity contribution in [1.82, 2.24) is 15.6 Å². The number of aliphatic carboxylic acids is 1. The Balaban J connectivity index is 1.32. The number of amides is 2. The van der Waals surface area contributed by atoms with Crippen molar-refractivity contribution in [3.05, 3.63) is 75.7 Å². The molecule has 0 radical (unpaired) electrons. The number of hydrogen-bond donors (Lipinski definition) is 3. The van der Waals surface area contributed by atoms with Crippen molar-refractivity contribution in [3.8, 4) is 11.1 Å². The third kappa shape index (κ3) is 5.33. The molecule has 1 aromatic heterocycles. The molecule has 2 unspecified atom stereocenters. The third-order valence-corrected chi connectivity index (χ3v) is 6.84. The maximum atomic E-state index is 12.5. The van der Waals surface area contributed by atoms with Gasteiger partial charge in [-0.3, -0.25) is 4.79 Å². The molecule has 4 rings (SSSR count). The van der Waals surface area contributed by atoms with Crippen LogP contribution in [0, 0.1) is 0 Å². The molecule has 10 heteroatoms. The first kappa shape index (κ1) is 24.4. The normalized spacial score (nSPS) is 13.9. The highest BCUT2D eigenvalue weighted by atomic mass is 32.1. The maximum Gasteiger partial charge on any atom is 0.407 e. The molecule has 0 aliphatic heterocycles. The molecule has 0 fully saturated rings. The van der Waals surface area contributed by atoms with Crippen molar-refractivity contribution in [1.29, 1.82) is 0 Å². The number of fused-ring (bicyclic) bond motifs is 3. The van der Waals surface area contributed by atoms with Gasteiger partial charge in [0, 0.05) is 18.4 Å². The van der Waals surface area contributed by atoms with Crippen LogP contribution in [0.2, 0.25) is 0 Å². The summed E-state index contributed by atoms with van der Waals surface area (Å²) in [4.78, 5) is 40.0. The van der Waals surface area contributed by atoms with Gasteiger partial charge < -0.3 is 25.2 Å². The van der Waals surface area contributed by atoms with Gasteiger partial charge in [-0.15, -0.1) is 11.3 Å². The van der Waals surface area contributed by atoms with Gasteiger partial charge in [0.05, 0.1) is 12.6 Å². The number of carbonyl (C=O) groups excluding carboxylic acids is 2. The number of benzene rings is 2. The number of ether oxygens (including phenoxy) is 2. The number of carboxylic acids is 1. The zero-order valence-electron chi connectivity index (χ0n) is 19.2. The molecular weight excluding hydrogens is 470 g/mol. The average molecular weight is 496 g/mol. The minimum absolute atomic E-state index is 0.0413. The molecule has 1 aliphatic carbocycles. The Labute approximate surface area is 206 Å². The van der Waals surface area contributed by atoms with E-state index in [0.29, 0.717) is 5.01 Å². The van der Waals surface area contributed by atoms with E-state index >= 15 is 0 Å². The maximum absolute atomic E-state index is 12.5. The van der Waals surface area contributed by atoms with Crippen LogP contribution in [0.15, 0.2) is 53.9 Å². The van der Waals surface area contributed by atoms with E-state index in [2.05, 4.69) is 39.9 Å². The predicted octanol–water partition coefficient (Wildman–Crippen LogP) is 3.57. The van der Waals surface area contributed by atoms with Crippen molar-refractivity contribution < 1.29 is 29.0 Å². The third-order valence-electron chi connectivity index (χ3n) is 5.81. The molecule has 2 atom stereocenters. The van der Waals surface area contributed by atoms with Crippen LogP contribution in [0.3, 0.4) is 0 Å². The van der Waals surface area contributed by atoms with Crippen molar-refractivity contribution in [3.63, 3.8) is 0 Å². The van der Waals surface area contributed by atoms with E-state index in [1.54, 1.807) is 12.3 Å². The Morgan fingerprint density at radius 2 is 1.71 bits per heavy atom. The Hall–Kier alpha value is -3.76. The predicted molar refractivity (Wildman–Crippen MR) is 129 cm³/mol. The molecule has 0 bridgehead atoms. The zero-order chi connectivity index (χ0) is 24.9. The Kier molecular flexibility index (Phi) is 7.42. The van der Waals surface area contributed by atoms with Crippen LogP contribution in [-0.2, 0) is 14.3 Å². The number of rotatable bonds is 9. The summed E-state index contributed by atoms with van der Waals surface area (Å²) in [5.74, 6) is -1.74. The Morgan fingerprint density at radius 1 is 1.09 bits per heavy atom. The number of nitrogens with zero attached hydrogens (tertiary/aromatic N) is 1. The monoisotopic (exact) mass is 495 g/mol. The average Bonchev–Trinajstić information content (AvgIpc) is 3.47. The molecule has 1 aliphatic rings. The van der Waals surface area contributed by atoms with E-state index < -0.39 is 30.1 Å². The van der Waals surface area contributed by atoms with Crippen LogP contribution in [-0.4, -0.2) is 54.4 Å². The standard InChI is InChI=1S/C25H25N3O6S/c1-14(23-28-20(13-35-23)22(29)26-11-21(33-2)24(30)31)27-25(32)34-12-19-17-9-5-3-7-15(17)16-8-4-6-10-18(16)19/h3-10,13-14,19,21H,11-12H2,1-2H3,(H,26,29)(H,27,32)(H,30,31). The quantitative estimate of drug-likeness (QED) is 0.414. The molecule has 2 aromatic carbocycles. The molecule has 35 heavy (non-hydrogen) atoms. The summed E-state index contributed by atoms with van der Waals surface area (Å²) in [6.45, 7) is 1.75. The number of hydrogen-bond acceptors (Lipinski definition) is 7. The van der Waals surface area contributed by atoms with Crippen molar-refractivity contribution in [2.75, 3.05) is 20.3 Å². The van der Waals surface area contributed by atoms with E-state index in [4.69, 9.17) is 14.6 Å². The summed E-state index contributed by atoms with van der Waals surface area (Å²) < 4.78 is 10.4. The lowest BCUT2D eigenvalue weighted by atomic mass is 9.98. The number of nitrogens with one attached hydrogen (secondary N) is 2. The second-order valence-corrected chi connectivity index (χ2v) is 8.92. The van der Waals surface area contributed by atoms with Crippen LogP contribution in [0.4, 0.5) is 4.79 Å². The molecule has 2 amide bonds. The summed E-state index contributed by atoms with van der Waals surface area (Å²) in [7, 11) is 1.25. The van der Waals surface area contributed by atoms with Gasteiger partial charge in [0.15, 0.2) is 6.10 Å². The van der Waals surface area contributed by atoms with E-state index in [-0.39, 0.29) is 24.8 Å². The summed E-state index contributed by atoms with van der Waals surface area (Å²) in [6.07, 6.45) is -1.73. The van der Waals surface area contributed by atoms with Gasteiger partial charge in [0.25, 0.3) is 5.91 Å². The topological polar surface area (TPSA) is 127 Å². The summed E-state index contributed by atoms with van der Waals surface area (Å²) >= 11 is 1.21. The first-order chi connectivity index (χ1) is 16.9. The minimum atomic E-state index is -1.17. The van der Waals surface area contributed by atoms with E-state index in [1.165, 1.54) is 18.4 Å². The van der Waals surface area contributed by atoms with Gasteiger partial charge in [-0.25, -0.2) is 14.6 Å². The molecule has 9 nitrogen and oxygen atoms in total. The van der Waals surface area contributed by atoms with Gasteiger partial charge in [0.2, 0.25) is 0 Å². The van der Waals surface area contributed by atoms with E-state index in [9.17, 15) is 14.4 Å². The van der Waals surface area contributed by atoms with Crippen LogP contribution < -0.4 is 10.6 Å². The molecule has 0 saturated carbocycles. The van der Waals surface area contributed by atoms with Crippen LogP contribution >= 0.6 is 11.3 Å². The van der Waals surface area contributed by atoms with Crippen molar-refractivity contribution >= 4 is 29.3 Å². The Morgan fingerprint density at radius 3 is 2.31 bits per heavy atom. The number of methoxy groups -OCH3 is 1. The molecule has 3 N–H and O–H groups in total. The number of alkyl carbamates (subject to hydrolysis) is 1. The lowest BCUT2D eigenvalue weighted by Crippen LogP contribution is -2.38. The van der Waals surface area contributed by atoms with Gasteiger partial charge in [-0.05, 0) is 29.2 Å². The van der Waals surface area contributed by atoms with Gasteiger partial charge in [-0.1, -0.05) is 48.5 Å². The zero-order valence-corrected chi connectivity index (χ0v) is 20.0. The summed E-state index contributed by atoms with van der Waals surface area (Å²) in [5, 5.41) is 16.3. The highest BCUT2D eigenvalue weighted by Crippen LogP contribution is 2.44. The molecule has 182 valence electrons. The minimum Gasteiger partial charge on any atom is -0.479 e. The van der Waals surface area contributed by atoms with Crippen LogP contribution in [0.1, 0.15) is 45.5 Å². The van der Waals surface area contributed by atoms with Crippen molar-refractivity contribution in [2.24, 2.45) is 0 Å². The number of carboxylic acid groups (broad SMARTS) is 1. The number of carbonyl (C=O) groups is 3. The number of thiazole rings is 1. The lowest BCUT2D eigenvalue weighted by molar-refractivity contribution is -0.148. The Bertz CT molecular complexity index is 1200. The summed E-state index contributed by atoms with van der Waals surface area (Å²) in [5.41, 5.74) is 4.69. The second-order valence-electron chi connectivity index (χ2n) is 8.04. The number of aromatic nitrogens is 1. The first-order valence-electron chi connectivity index (χ1n) is 11.0. The fourth-order valence-electron chi connectivity index (χ4n) is 4.02. The lowest BCUT2D eigenvalue weighted by Gasteiger charge is -2.16. The molecule has 0 spiro atoms. The largest absolute Gasteiger partial charge is 0.479 e. The second kappa shape index (κ2) is 10.7. The van der Waals surface area contributed by atoms with E-state index in [0.717, 1.165) is 22.3 Å². The van der Waals surface area contributed by atoms with Crippen molar-refractivity contribution in [2.45, 2.75) is 25.0 Å². The molecular formula is C25H25N3O6S. The fraction of sp³-hybridized carbons (Fsp3) is 0.280. The van der Waals surface area contributed by atoms with Gasteiger partial charge in [-0.2, -0.15) is 0 Å². The van der Waals surface area contributed by atoms with Crippen LogP contribution in [0.5, 0.6) is 0 Å². The van der Waals surface area contributed by atoms with Gasteiger partial charge >= 0.3 is 12.1 Å². The van der Waals surface area contributed by atoms with E-state index in [1.807, 2.05) is 24.3 Å². The highest BCUT2D eigenvalue weighted by molar-refractivity contribution is 7.09. The molecule has 3 aromatic rings. The first-order valence-corrected chi connectivity index (χ1v) is 11.9. The van der Waals surface area contributed by atoms with Gasteiger partial charge in [0.1, 0.15) is 17.3 Å². The van der Waals surface area contributed by atoms with Crippen LogP contribution in [0.25, 0.3) is 11.1 Å². The molecule has 0 saturated heterocycles. The fourth-order valence-corrected chi connectivity index (χ4v) is 4.82. The SMILES string of the molecule is COC(CNC(=O)c1csc(C(C)NC(=O)OCC2c3ccccc3-c3ccccc32)n1)C(=O)O. The highest BCUT2D eigenvalue weighted by Gasteiger charge is 2.29.